The molecule has 0 spiro atoms. The van der Waals surface area contributed by atoms with Crippen LogP contribution in [-0.2, 0) is 4.79 Å². The normalized spacial score (nSPS) is 15.3. The molecule has 20 heteroatoms. The van der Waals surface area contributed by atoms with Gasteiger partial charge in [-0.3, -0.25) is 4.79 Å². The Kier molecular flexibility index (Phi) is 7.42. The van der Waals surface area contributed by atoms with Crippen molar-refractivity contribution in [3.63, 3.8) is 0 Å². The maximum atomic E-state index is 13.8. The molecule has 0 radical (unpaired) electrons. The number of aromatic nitrogens is 1. The summed E-state index contributed by atoms with van der Waals surface area (Å²) in [5, 5.41) is -6.13. The van der Waals surface area contributed by atoms with E-state index in [1.165, 1.54) is 0 Å². The second-order valence-corrected chi connectivity index (χ2v) is 7.11. The molecule has 202 valence electrons. The van der Waals surface area contributed by atoms with Crippen LogP contribution in [-0.4, -0.2) is 57.7 Å². The van der Waals surface area contributed by atoms with Crippen molar-refractivity contribution in [2.24, 2.45) is 0 Å². The topological polar surface area (TPSA) is 42.0 Å². The maximum Gasteiger partial charge on any atom is 0.393 e. The van der Waals surface area contributed by atoms with E-state index >= 15 is 0 Å². The molecule has 0 unspecified atom stereocenters. The van der Waals surface area contributed by atoms with E-state index in [0.29, 0.717) is 6.07 Å². The van der Waals surface area contributed by atoms with Gasteiger partial charge in [0.05, 0.1) is 0 Å². The van der Waals surface area contributed by atoms with Gasteiger partial charge in [0, 0.05) is 5.69 Å². The van der Waals surface area contributed by atoms with Crippen LogP contribution < -0.4 is 5.32 Å². The van der Waals surface area contributed by atoms with Crippen LogP contribution in [0, 0.1) is 6.92 Å². The number of carbonyl (C=O) groups is 1. The molecule has 1 amide bonds. The molecule has 1 aromatic rings. The molecule has 0 aromatic carbocycles. The maximum absolute atomic E-state index is 13.8. The molecule has 0 saturated heterocycles. The molecule has 35 heavy (non-hydrogen) atoms. The van der Waals surface area contributed by atoms with E-state index in [2.05, 4.69) is 16.6 Å². The van der Waals surface area contributed by atoms with Crippen molar-refractivity contribution in [3.8, 4) is 0 Å². The highest BCUT2D eigenvalue weighted by Gasteiger charge is 2.95. The first kappa shape index (κ1) is 30.8. The molecule has 1 aromatic heterocycles. The lowest BCUT2D eigenvalue weighted by Gasteiger charge is -2.42. The van der Waals surface area contributed by atoms with Crippen LogP contribution in [0.25, 0.3) is 0 Å². The summed E-state index contributed by atoms with van der Waals surface area (Å²) in [7, 11) is 0. The molecule has 1 rings (SSSR count). The van der Waals surface area contributed by atoms with Gasteiger partial charge in [-0.15, -0.1) is 0 Å². The Balaban J connectivity index is 3.58. The zero-order valence-electron chi connectivity index (χ0n) is 16.0. The molecule has 3 nitrogen and oxygen atoms in total. The summed E-state index contributed by atoms with van der Waals surface area (Å²) >= 11 is 3.42. The van der Waals surface area contributed by atoms with Gasteiger partial charge in [-0.1, -0.05) is 6.07 Å². The molecule has 0 saturated carbocycles. The van der Waals surface area contributed by atoms with Crippen molar-refractivity contribution in [2.75, 3.05) is 5.32 Å². The minimum atomic E-state index is -8.64. The first-order chi connectivity index (χ1) is 15.1. The lowest BCUT2D eigenvalue weighted by molar-refractivity contribution is -0.445. The highest BCUT2D eigenvalue weighted by Crippen LogP contribution is 2.64. The van der Waals surface area contributed by atoms with Gasteiger partial charge < -0.3 is 5.32 Å². The van der Waals surface area contributed by atoms with E-state index in [4.69, 9.17) is 0 Å². The number of alkyl halides is 17. The summed E-state index contributed by atoms with van der Waals surface area (Å²) in [5.41, 5.74) is -0.131. The molecule has 0 bridgehead atoms. The van der Waals surface area contributed by atoms with Crippen molar-refractivity contribution in [1.29, 1.82) is 0 Å². The minimum Gasteiger partial charge on any atom is -0.305 e. The lowest BCUT2D eigenvalue weighted by atomic mass is 9.89. The van der Waals surface area contributed by atoms with Crippen molar-refractivity contribution in [2.45, 2.75) is 53.8 Å². The number of nitrogens with zero attached hydrogens (tertiary/aromatic N) is 1. The van der Waals surface area contributed by atoms with Crippen LogP contribution in [0.1, 0.15) is 5.69 Å². The number of nitrogens with one attached hydrogen (secondary N) is 1. The Morgan fingerprint density at radius 2 is 1.06 bits per heavy atom. The zero-order chi connectivity index (χ0) is 28.3. The van der Waals surface area contributed by atoms with Crippen molar-refractivity contribution in [1.82, 2.24) is 4.98 Å². The van der Waals surface area contributed by atoms with Crippen molar-refractivity contribution >= 4 is 23.3 Å². The SMILES string of the molecule is Cc1cccc(NC(=O)C(F)(F)C(F)(F)C(F)(F)C(F)(F)C(F)(F)C(F)(F)C(F)(F)C(F)(F)Cl)n1. The highest BCUT2D eigenvalue weighted by molar-refractivity contribution is 6.22. The van der Waals surface area contributed by atoms with Crippen LogP contribution in [0.15, 0.2) is 18.2 Å². The van der Waals surface area contributed by atoms with Gasteiger partial charge in [-0.25, -0.2) is 4.98 Å². The lowest BCUT2D eigenvalue weighted by Crippen LogP contribution is -2.75. The fourth-order valence-corrected chi connectivity index (χ4v) is 2.23. The quantitative estimate of drug-likeness (QED) is 0.268. The summed E-state index contributed by atoms with van der Waals surface area (Å²) in [4.78, 5) is 14.6. The number of anilines is 1. The largest absolute Gasteiger partial charge is 0.393 e. The van der Waals surface area contributed by atoms with E-state index in [0.717, 1.165) is 24.4 Å². The summed E-state index contributed by atoms with van der Waals surface area (Å²) in [5.74, 6) is -61.8. The molecule has 1 heterocycles. The van der Waals surface area contributed by atoms with E-state index in [-0.39, 0.29) is 5.69 Å². The number of pyridine rings is 1. The first-order valence-electron chi connectivity index (χ1n) is 8.11. The van der Waals surface area contributed by atoms with E-state index < -0.39 is 58.6 Å². The fraction of sp³-hybridized carbons (Fsp3) is 0.600. The number of aryl methyl sites for hydroxylation is 1. The average Bonchev–Trinajstić information content (AvgIpc) is 2.66. The smallest absolute Gasteiger partial charge is 0.305 e. The molecular weight excluding hydrogens is 564 g/mol. The third kappa shape index (κ3) is 4.32. The van der Waals surface area contributed by atoms with E-state index in [1.54, 1.807) is 0 Å². The third-order valence-electron chi connectivity index (χ3n) is 4.14. The molecule has 0 atom stereocenters. The van der Waals surface area contributed by atoms with Crippen molar-refractivity contribution < 1.29 is 75.0 Å². The summed E-state index contributed by atoms with van der Waals surface area (Å²) in [6.45, 7) is 1.11. The van der Waals surface area contributed by atoms with Gasteiger partial charge in [0.15, 0.2) is 0 Å². The van der Waals surface area contributed by atoms with Gasteiger partial charge in [0.25, 0.3) is 0 Å². The summed E-state index contributed by atoms with van der Waals surface area (Å²) in [6, 6.07) is 2.58. The number of amides is 1. The number of rotatable bonds is 9. The van der Waals surface area contributed by atoms with Crippen LogP contribution in [0.4, 0.5) is 76.1 Å². The first-order valence-corrected chi connectivity index (χ1v) is 8.49. The second kappa shape index (κ2) is 8.43. The molecule has 0 aliphatic heterocycles. The predicted molar refractivity (Wildman–Crippen MR) is 83.0 cm³/mol. The van der Waals surface area contributed by atoms with Crippen molar-refractivity contribution in [3.05, 3.63) is 23.9 Å². The number of hydrogen-bond acceptors (Lipinski definition) is 2. The minimum absolute atomic E-state index is 0.131. The Morgan fingerprint density at radius 1 is 0.686 bits per heavy atom. The molecule has 0 fully saturated rings. The monoisotopic (exact) mass is 570 g/mol. The van der Waals surface area contributed by atoms with E-state index in [1.807, 2.05) is 0 Å². The average molecular weight is 571 g/mol. The highest BCUT2D eigenvalue weighted by atomic mass is 35.5. The number of halogens is 17. The van der Waals surface area contributed by atoms with Gasteiger partial charge in [-0.05, 0) is 30.7 Å². The Labute approximate surface area is 187 Å². The number of hydrogen-bond donors (Lipinski definition) is 1. The van der Waals surface area contributed by atoms with E-state index in [9.17, 15) is 75.0 Å². The zero-order valence-corrected chi connectivity index (χ0v) is 16.8. The third-order valence-corrected chi connectivity index (χ3v) is 4.37. The molecular formula is C15H7ClF16N2O. The van der Waals surface area contributed by atoms with Crippen LogP contribution in [0.3, 0.4) is 0 Å². The second-order valence-electron chi connectivity index (χ2n) is 6.64. The molecule has 1 N–H and O–H groups in total. The van der Waals surface area contributed by atoms with Gasteiger partial charge in [0.1, 0.15) is 5.82 Å². The van der Waals surface area contributed by atoms with Crippen LogP contribution in [0.5, 0.6) is 0 Å². The predicted octanol–water partition coefficient (Wildman–Crippen LogP) is 6.61. The Bertz CT molecular complexity index is 959. The molecule has 0 aliphatic rings. The van der Waals surface area contributed by atoms with Crippen LogP contribution in [0.2, 0.25) is 0 Å². The Morgan fingerprint density at radius 3 is 1.43 bits per heavy atom. The van der Waals surface area contributed by atoms with Gasteiger partial charge in [-0.2, -0.15) is 70.2 Å². The standard InChI is InChI=1S/C15H7ClF16N2O/c1-5-3-2-4-6(33-5)34-7(35)8(17,18)9(19,20)10(21,22)11(23,24)12(25,26)13(27,28)14(29,30)15(16,31)32/h2-4H,1H3,(H,33,34,35). The number of carbonyl (C=O) groups excluding carboxylic acids is 1. The molecule has 0 aliphatic carbocycles. The van der Waals surface area contributed by atoms with Crippen LogP contribution >= 0.6 is 11.6 Å². The van der Waals surface area contributed by atoms with Gasteiger partial charge >= 0.3 is 52.7 Å². The Hall–Kier alpha value is -2.21. The fourth-order valence-electron chi connectivity index (χ4n) is 2.11. The summed E-state index contributed by atoms with van der Waals surface area (Å²) in [6.07, 6.45) is 0. The summed E-state index contributed by atoms with van der Waals surface area (Å²) < 4.78 is 214. The van der Waals surface area contributed by atoms with Gasteiger partial charge in [0.2, 0.25) is 0 Å².